The minimum Gasteiger partial charge on any atom is -0.493 e. The molecule has 206 valence electrons. The van der Waals surface area contributed by atoms with Crippen LogP contribution < -0.4 is 11.0 Å². The number of aromatic hydroxyl groups is 1. The van der Waals surface area contributed by atoms with E-state index in [1.807, 2.05) is 61.7 Å². The molecule has 0 aliphatic carbocycles. The summed E-state index contributed by atoms with van der Waals surface area (Å²) in [5.74, 6) is -1.72. The summed E-state index contributed by atoms with van der Waals surface area (Å²) in [4.78, 5) is 44.5. The van der Waals surface area contributed by atoms with Crippen molar-refractivity contribution in [1.82, 2.24) is 30.0 Å². The molecular formula is C29H30N6O5. The molecule has 5 rings (SSSR count). The number of Topliss-reactive ketones (excluding diaryl/α,β-unsaturated/α-hetero) is 1. The smallest absolute Gasteiger partial charge is 0.329 e. The van der Waals surface area contributed by atoms with Crippen molar-refractivity contribution in [2.75, 3.05) is 0 Å². The number of carbonyl (C=O) groups is 2. The molecule has 40 heavy (non-hydrogen) atoms. The second kappa shape index (κ2) is 11.0. The summed E-state index contributed by atoms with van der Waals surface area (Å²) < 4.78 is 6.55. The van der Waals surface area contributed by atoms with Gasteiger partial charge in [-0.05, 0) is 30.0 Å². The standard InChI is InChI=1S/C29H30N6O5/c1-16(2)25(26(37)27-34-33-24(40-27)12-18-8-6-7-17(3)11-18)32-23(36)15-35-28(38)22(31-29(35)39)13-19-14-30-21-10-5-4-9-20(19)21/h4-11,14,16,25,30,38H,12-13,15H2,1-3H3,(H,31,39)(H,32,36)/t25-/m0/s1. The summed E-state index contributed by atoms with van der Waals surface area (Å²) in [6.07, 6.45) is 2.45. The predicted molar refractivity (Wildman–Crippen MR) is 147 cm³/mol. The van der Waals surface area contributed by atoms with Crippen molar-refractivity contribution in [2.45, 2.75) is 46.2 Å². The van der Waals surface area contributed by atoms with E-state index in [2.05, 4.69) is 25.5 Å². The Labute approximate surface area is 229 Å². The molecule has 0 spiro atoms. The highest BCUT2D eigenvalue weighted by Gasteiger charge is 2.30. The lowest BCUT2D eigenvalue weighted by atomic mass is 9.99. The summed E-state index contributed by atoms with van der Waals surface area (Å²) in [5, 5.41) is 22.3. The number of ketones is 1. The van der Waals surface area contributed by atoms with Crippen molar-refractivity contribution >= 4 is 22.6 Å². The van der Waals surface area contributed by atoms with Gasteiger partial charge in [-0.3, -0.25) is 14.2 Å². The highest BCUT2D eigenvalue weighted by atomic mass is 16.4. The number of aryl methyl sites for hydroxylation is 1. The number of carbonyl (C=O) groups excluding carboxylic acids is 2. The van der Waals surface area contributed by atoms with Crippen LogP contribution in [-0.2, 0) is 24.2 Å². The second-order valence-electron chi connectivity index (χ2n) is 10.2. The molecule has 2 aromatic carbocycles. The number of amides is 1. The van der Waals surface area contributed by atoms with Gasteiger partial charge in [0.2, 0.25) is 23.5 Å². The van der Waals surface area contributed by atoms with Gasteiger partial charge in [-0.25, -0.2) is 4.79 Å². The van der Waals surface area contributed by atoms with E-state index < -0.39 is 30.0 Å². The first kappa shape index (κ1) is 26.7. The molecule has 11 heteroatoms. The lowest BCUT2D eigenvalue weighted by Crippen LogP contribution is -2.46. The quantitative estimate of drug-likeness (QED) is 0.197. The molecule has 5 aromatic rings. The van der Waals surface area contributed by atoms with E-state index in [0.717, 1.165) is 32.2 Å². The zero-order valence-electron chi connectivity index (χ0n) is 22.4. The fraction of sp³-hybridized carbons (Fsp3) is 0.276. The first-order chi connectivity index (χ1) is 19.2. The molecule has 4 N–H and O–H groups in total. The van der Waals surface area contributed by atoms with E-state index >= 15 is 0 Å². The minimum atomic E-state index is -0.970. The molecule has 0 unspecified atom stereocenters. The number of hydrogen-bond acceptors (Lipinski definition) is 7. The minimum absolute atomic E-state index is 0.204. The lowest BCUT2D eigenvalue weighted by molar-refractivity contribution is -0.122. The number of benzene rings is 2. The van der Waals surface area contributed by atoms with Gasteiger partial charge < -0.3 is 24.8 Å². The first-order valence-electron chi connectivity index (χ1n) is 13.0. The Morgan fingerprint density at radius 2 is 1.90 bits per heavy atom. The zero-order valence-corrected chi connectivity index (χ0v) is 22.4. The summed E-state index contributed by atoms with van der Waals surface area (Å²) >= 11 is 0. The third kappa shape index (κ3) is 5.58. The van der Waals surface area contributed by atoms with E-state index in [9.17, 15) is 19.5 Å². The van der Waals surface area contributed by atoms with Crippen molar-refractivity contribution in [2.24, 2.45) is 5.92 Å². The number of H-pyrrole nitrogens is 2. The van der Waals surface area contributed by atoms with Crippen LogP contribution in [0.1, 0.15) is 52.8 Å². The SMILES string of the molecule is Cc1cccc(Cc2nnc(C(=O)[C@@H](NC(=O)Cn3c(O)c(Cc4c[nH]c5ccccc45)[nH]c3=O)C(C)C)o2)c1. The highest BCUT2D eigenvalue weighted by molar-refractivity contribution is 5.98. The average Bonchev–Trinajstić information content (AvgIpc) is 3.62. The average molecular weight is 543 g/mol. The molecule has 1 amide bonds. The van der Waals surface area contributed by atoms with Gasteiger partial charge in [-0.2, -0.15) is 0 Å². The Balaban J connectivity index is 1.27. The molecule has 0 aliphatic heterocycles. The number of aromatic amines is 2. The van der Waals surface area contributed by atoms with Crippen LogP contribution in [0.25, 0.3) is 10.9 Å². The topological polar surface area (TPSA) is 159 Å². The third-order valence-electron chi connectivity index (χ3n) is 6.75. The van der Waals surface area contributed by atoms with Gasteiger partial charge in [0.25, 0.3) is 5.89 Å². The van der Waals surface area contributed by atoms with Crippen LogP contribution in [0, 0.1) is 12.8 Å². The maximum Gasteiger partial charge on any atom is 0.329 e. The summed E-state index contributed by atoms with van der Waals surface area (Å²) in [5.41, 5.74) is 3.53. The Bertz CT molecular complexity index is 1740. The number of nitrogens with zero attached hydrogens (tertiary/aromatic N) is 3. The monoisotopic (exact) mass is 542 g/mol. The normalized spacial score (nSPS) is 12.2. The van der Waals surface area contributed by atoms with Crippen molar-refractivity contribution in [3.05, 3.63) is 99.4 Å². The summed E-state index contributed by atoms with van der Waals surface area (Å²) in [6.45, 7) is 5.04. The molecular weight excluding hydrogens is 512 g/mol. The number of aromatic nitrogens is 5. The highest BCUT2D eigenvalue weighted by Crippen LogP contribution is 2.23. The molecule has 0 saturated heterocycles. The van der Waals surface area contributed by atoms with Gasteiger partial charge in [0, 0.05) is 23.5 Å². The van der Waals surface area contributed by atoms with Crippen molar-refractivity contribution in [3.8, 4) is 5.88 Å². The zero-order chi connectivity index (χ0) is 28.4. The van der Waals surface area contributed by atoms with Gasteiger partial charge in [0.15, 0.2) is 0 Å². The van der Waals surface area contributed by atoms with Crippen LogP contribution in [0.3, 0.4) is 0 Å². The van der Waals surface area contributed by atoms with Crippen LogP contribution in [-0.4, -0.2) is 47.6 Å². The number of imidazole rings is 1. The molecule has 0 bridgehead atoms. The van der Waals surface area contributed by atoms with Crippen LogP contribution in [0.4, 0.5) is 0 Å². The van der Waals surface area contributed by atoms with Crippen molar-refractivity contribution in [3.63, 3.8) is 0 Å². The molecule has 3 aromatic heterocycles. The molecule has 0 fully saturated rings. The number of hydrogen-bond donors (Lipinski definition) is 4. The summed E-state index contributed by atoms with van der Waals surface area (Å²) in [7, 11) is 0. The number of fused-ring (bicyclic) bond motifs is 1. The predicted octanol–water partition coefficient (Wildman–Crippen LogP) is 3.26. The number of rotatable bonds is 10. The van der Waals surface area contributed by atoms with E-state index in [1.165, 1.54) is 0 Å². The first-order valence-corrected chi connectivity index (χ1v) is 13.0. The van der Waals surface area contributed by atoms with Gasteiger partial charge >= 0.3 is 5.69 Å². The largest absolute Gasteiger partial charge is 0.493 e. The molecule has 0 radical (unpaired) electrons. The maximum absolute atomic E-state index is 13.2. The van der Waals surface area contributed by atoms with Crippen LogP contribution in [0.2, 0.25) is 0 Å². The fourth-order valence-corrected chi connectivity index (χ4v) is 4.70. The van der Waals surface area contributed by atoms with Crippen LogP contribution >= 0.6 is 0 Å². The van der Waals surface area contributed by atoms with E-state index in [4.69, 9.17) is 4.42 Å². The second-order valence-corrected chi connectivity index (χ2v) is 10.2. The van der Waals surface area contributed by atoms with Gasteiger partial charge in [0.1, 0.15) is 6.54 Å². The fourth-order valence-electron chi connectivity index (χ4n) is 4.70. The molecule has 11 nitrogen and oxygen atoms in total. The molecule has 0 aliphatic rings. The van der Waals surface area contributed by atoms with E-state index in [0.29, 0.717) is 6.42 Å². The van der Waals surface area contributed by atoms with Gasteiger partial charge in [0.05, 0.1) is 18.2 Å². The van der Waals surface area contributed by atoms with Gasteiger partial charge in [-0.15, -0.1) is 10.2 Å². The molecule has 0 saturated carbocycles. The van der Waals surface area contributed by atoms with Crippen LogP contribution in [0.15, 0.2) is 63.9 Å². The molecule has 1 atom stereocenters. The Kier molecular flexibility index (Phi) is 7.37. The van der Waals surface area contributed by atoms with Gasteiger partial charge in [-0.1, -0.05) is 61.9 Å². The lowest BCUT2D eigenvalue weighted by Gasteiger charge is -2.19. The number of nitrogens with one attached hydrogen (secondary N) is 3. The maximum atomic E-state index is 13.2. The molecule has 3 heterocycles. The van der Waals surface area contributed by atoms with Crippen molar-refractivity contribution in [1.29, 1.82) is 0 Å². The van der Waals surface area contributed by atoms with Crippen molar-refractivity contribution < 1.29 is 19.1 Å². The third-order valence-corrected chi connectivity index (χ3v) is 6.75. The summed E-state index contributed by atoms with van der Waals surface area (Å²) in [6, 6.07) is 14.6. The number of para-hydroxylation sites is 1. The van der Waals surface area contributed by atoms with E-state index in [1.54, 1.807) is 13.8 Å². The Morgan fingerprint density at radius 1 is 1.10 bits per heavy atom. The Hall–Kier alpha value is -4.93. The Morgan fingerprint density at radius 3 is 2.67 bits per heavy atom. The van der Waals surface area contributed by atoms with E-state index in [-0.39, 0.29) is 35.7 Å². The van der Waals surface area contributed by atoms with Crippen LogP contribution in [0.5, 0.6) is 5.88 Å².